The van der Waals surface area contributed by atoms with Crippen LogP contribution in [-0.2, 0) is 9.53 Å². The molecule has 5 heteroatoms. The maximum atomic E-state index is 12.8. The van der Waals surface area contributed by atoms with Gasteiger partial charge in [0.05, 0.1) is 0 Å². The number of esters is 1. The van der Waals surface area contributed by atoms with Gasteiger partial charge < -0.3 is 4.74 Å². The molecule has 90 valence electrons. The molecule has 0 heterocycles. The van der Waals surface area contributed by atoms with Crippen LogP contribution < -0.4 is 0 Å². The van der Waals surface area contributed by atoms with E-state index in [4.69, 9.17) is 0 Å². The minimum atomic E-state index is -1.53. The van der Waals surface area contributed by atoms with Gasteiger partial charge in [-0.15, -0.1) is 0 Å². The van der Waals surface area contributed by atoms with E-state index in [0.29, 0.717) is 0 Å². The molecule has 0 bridgehead atoms. The van der Waals surface area contributed by atoms with Crippen molar-refractivity contribution in [3.63, 3.8) is 0 Å². The maximum absolute atomic E-state index is 12.8. The molecule has 0 saturated heterocycles. The lowest BCUT2D eigenvalue weighted by Crippen LogP contribution is -2.01. The topological polar surface area (TPSA) is 26.3 Å². The Morgan fingerprint density at radius 3 is 2.41 bits per heavy atom. The van der Waals surface area contributed by atoms with E-state index in [1.165, 1.54) is 0 Å². The molecule has 0 atom stereocenters. The molecule has 0 aromatic heterocycles. The average Bonchev–Trinajstić information content (AvgIpc) is 2.31. The Morgan fingerprint density at radius 2 is 1.88 bits per heavy atom. The monoisotopic (exact) mass is 242 g/mol. The molecule has 1 aromatic rings. The second kappa shape index (κ2) is 5.94. The van der Waals surface area contributed by atoms with E-state index in [0.717, 1.165) is 12.1 Å². The molecule has 0 fully saturated rings. The van der Waals surface area contributed by atoms with Crippen molar-refractivity contribution in [1.82, 2.24) is 0 Å². The molecule has 0 amide bonds. The second-order valence-electron chi connectivity index (χ2n) is 3.07. The molecule has 0 aliphatic heterocycles. The van der Waals surface area contributed by atoms with Crippen LogP contribution in [0.4, 0.5) is 13.2 Å². The van der Waals surface area contributed by atoms with Gasteiger partial charge in [-0.25, -0.2) is 13.2 Å². The molecular weight excluding hydrogens is 233 g/mol. The van der Waals surface area contributed by atoms with Gasteiger partial charge in [0.2, 0.25) is 0 Å². The van der Waals surface area contributed by atoms with Gasteiger partial charge in [-0.3, -0.25) is 4.79 Å². The largest absolute Gasteiger partial charge is 0.452 e. The summed E-state index contributed by atoms with van der Waals surface area (Å²) in [7, 11) is 0. The van der Waals surface area contributed by atoms with Crippen molar-refractivity contribution in [3.8, 4) is 11.8 Å². The fourth-order valence-corrected chi connectivity index (χ4v) is 0.984. The Labute approximate surface area is 96.4 Å². The van der Waals surface area contributed by atoms with Crippen LogP contribution in [0.2, 0.25) is 0 Å². The van der Waals surface area contributed by atoms with Crippen LogP contribution in [0.5, 0.6) is 0 Å². The molecule has 1 rings (SSSR count). The highest BCUT2D eigenvalue weighted by molar-refractivity contribution is 5.69. The van der Waals surface area contributed by atoms with Gasteiger partial charge in [0, 0.05) is 12.0 Å². The highest BCUT2D eigenvalue weighted by Gasteiger charge is 2.08. The van der Waals surface area contributed by atoms with Gasteiger partial charge in [-0.1, -0.05) is 18.8 Å². The maximum Gasteiger partial charge on any atom is 0.306 e. The molecule has 0 unspecified atom stereocenters. The molecule has 0 spiro atoms. The zero-order valence-electron chi connectivity index (χ0n) is 9.02. The van der Waals surface area contributed by atoms with Gasteiger partial charge in [0.15, 0.2) is 24.1 Å². The number of hydrogen-bond acceptors (Lipinski definition) is 2. The second-order valence-corrected chi connectivity index (χ2v) is 3.07. The fourth-order valence-electron chi connectivity index (χ4n) is 0.984. The van der Waals surface area contributed by atoms with E-state index in [1.54, 1.807) is 6.92 Å². The number of rotatable bonds is 2. The van der Waals surface area contributed by atoms with Gasteiger partial charge in [-0.2, -0.15) is 0 Å². The van der Waals surface area contributed by atoms with Crippen molar-refractivity contribution in [2.24, 2.45) is 0 Å². The molecule has 1 aromatic carbocycles. The SMILES string of the molecule is CCC(=O)OCC#Cc1cc(F)c(F)c(F)c1. The van der Waals surface area contributed by atoms with Crippen LogP contribution in [0.3, 0.4) is 0 Å². The highest BCUT2D eigenvalue weighted by atomic mass is 19.2. The third-order valence-corrected chi connectivity index (χ3v) is 1.81. The summed E-state index contributed by atoms with van der Waals surface area (Å²) in [6.07, 6.45) is 0.224. The Bertz CT molecular complexity index is 463. The van der Waals surface area contributed by atoms with Crippen molar-refractivity contribution in [2.45, 2.75) is 13.3 Å². The zero-order valence-corrected chi connectivity index (χ0v) is 9.02. The number of carbonyl (C=O) groups is 1. The summed E-state index contributed by atoms with van der Waals surface area (Å²) in [5, 5.41) is 0. The number of hydrogen-bond donors (Lipinski definition) is 0. The molecular formula is C12H9F3O2. The Morgan fingerprint density at radius 1 is 1.29 bits per heavy atom. The normalized spacial score (nSPS) is 9.41. The first-order valence-corrected chi connectivity index (χ1v) is 4.83. The van der Waals surface area contributed by atoms with Gasteiger partial charge in [0.1, 0.15) is 0 Å². The predicted octanol–water partition coefficient (Wildman–Crippen LogP) is 2.41. The predicted molar refractivity (Wildman–Crippen MR) is 54.4 cm³/mol. The summed E-state index contributed by atoms with van der Waals surface area (Å²) in [4.78, 5) is 10.7. The van der Waals surface area contributed by atoms with E-state index in [1.807, 2.05) is 0 Å². The molecule has 0 N–H and O–H groups in total. The average molecular weight is 242 g/mol. The summed E-state index contributed by atoms with van der Waals surface area (Å²) in [5.74, 6) is 0.185. The number of carbonyl (C=O) groups excluding carboxylic acids is 1. The Hall–Kier alpha value is -1.96. The van der Waals surface area contributed by atoms with Gasteiger partial charge in [0.25, 0.3) is 0 Å². The lowest BCUT2D eigenvalue weighted by Gasteiger charge is -1.97. The van der Waals surface area contributed by atoms with Crippen molar-refractivity contribution < 1.29 is 22.7 Å². The first-order chi connectivity index (χ1) is 8.04. The quantitative estimate of drug-likeness (QED) is 0.452. The van der Waals surface area contributed by atoms with Crippen LogP contribution >= 0.6 is 0 Å². The first kappa shape index (κ1) is 13.1. The first-order valence-electron chi connectivity index (χ1n) is 4.83. The van der Waals surface area contributed by atoms with Crippen LogP contribution in [0.15, 0.2) is 12.1 Å². The summed E-state index contributed by atoms with van der Waals surface area (Å²) in [6.45, 7) is 1.45. The summed E-state index contributed by atoms with van der Waals surface area (Å²) in [5.41, 5.74) is -0.0195. The highest BCUT2D eigenvalue weighted by Crippen LogP contribution is 2.12. The van der Waals surface area contributed by atoms with E-state index >= 15 is 0 Å². The standard InChI is InChI=1S/C12H9F3O2/c1-2-11(16)17-5-3-4-8-6-9(13)12(15)10(14)7-8/h6-7H,2,5H2,1H3. The van der Waals surface area contributed by atoms with Gasteiger partial charge in [-0.05, 0) is 12.1 Å². The third-order valence-electron chi connectivity index (χ3n) is 1.81. The minimum Gasteiger partial charge on any atom is -0.452 e. The van der Waals surface area contributed by atoms with Crippen LogP contribution in [0.25, 0.3) is 0 Å². The van der Waals surface area contributed by atoms with Gasteiger partial charge >= 0.3 is 5.97 Å². The van der Waals surface area contributed by atoms with Crippen molar-refractivity contribution >= 4 is 5.97 Å². The zero-order chi connectivity index (χ0) is 12.8. The molecule has 0 saturated carbocycles. The third kappa shape index (κ3) is 3.83. The Kier molecular flexibility index (Phi) is 4.58. The smallest absolute Gasteiger partial charge is 0.306 e. The van der Waals surface area contributed by atoms with Crippen LogP contribution in [0, 0.1) is 29.3 Å². The van der Waals surface area contributed by atoms with Crippen molar-refractivity contribution in [3.05, 3.63) is 35.1 Å². The van der Waals surface area contributed by atoms with Crippen molar-refractivity contribution in [1.29, 1.82) is 0 Å². The summed E-state index contributed by atoms with van der Waals surface area (Å²) in [6, 6.07) is 1.54. The molecule has 0 aliphatic rings. The minimum absolute atomic E-state index is 0.0195. The number of halogens is 3. The van der Waals surface area contributed by atoms with Crippen molar-refractivity contribution in [2.75, 3.05) is 6.61 Å². The lowest BCUT2D eigenvalue weighted by molar-refractivity contribution is -0.141. The lowest BCUT2D eigenvalue weighted by atomic mass is 10.2. The van der Waals surface area contributed by atoms with Crippen LogP contribution in [0.1, 0.15) is 18.9 Å². The summed E-state index contributed by atoms with van der Waals surface area (Å²) >= 11 is 0. The van der Waals surface area contributed by atoms with E-state index in [9.17, 15) is 18.0 Å². The summed E-state index contributed by atoms with van der Waals surface area (Å²) < 4.78 is 42.7. The molecule has 0 radical (unpaired) electrons. The fraction of sp³-hybridized carbons (Fsp3) is 0.250. The molecule has 2 nitrogen and oxygen atoms in total. The number of ether oxygens (including phenoxy) is 1. The molecule has 0 aliphatic carbocycles. The Balaban J connectivity index is 2.70. The molecule has 17 heavy (non-hydrogen) atoms. The van der Waals surface area contributed by atoms with Crippen LogP contribution in [-0.4, -0.2) is 12.6 Å². The van der Waals surface area contributed by atoms with E-state index in [-0.39, 0.29) is 18.6 Å². The number of benzene rings is 1. The van der Waals surface area contributed by atoms with E-state index < -0.39 is 23.4 Å². The van der Waals surface area contributed by atoms with E-state index in [2.05, 4.69) is 16.6 Å².